The molecule has 2 unspecified atom stereocenters. The number of hydrogen-bond donors (Lipinski definition) is 1. The van der Waals surface area contributed by atoms with Crippen LogP contribution >= 0.6 is 12.6 Å². The molecular formula is C7H14S. The lowest BCUT2D eigenvalue weighted by atomic mass is 10.00. The third-order valence-corrected chi connectivity index (χ3v) is 3.05. The van der Waals surface area contributed by atoms with E-state index in [1.807, 2.05) is 0 Å². The van der Waals surface area contributed by atoms with E-state index in [2.05, 4.69) is 26.5 Å². The van der Waals surface area contributed by atoms with E-state index in [1.165, 1.54) is 19.3 Å². The molecule has 48 valence electrons. The van der Waals surface area contributed by atoms with Crippen LogP contribution < -0.4 is 0 Å². The fourth-order valence-electron chi connectivity index (χ4n) is 1.32. The lowest BCUT2D eigenvalue weighted by molar-refractivity contribution is 0.507. The largest absolute Gasteiger partial charge is 0.173 e. The summed E-state index contributed by atoms with van der Waals surface area (Å²) in [5.74, 6) is 0.825. The van der Waals surface area contributed by atoms with Crippen molar-refractivity contribution in [3.8, 4) is 0 Å². The third kappa shape index (κ3) is 1.02. The van der Waals surface area contributed by atoms with Crippen LogP contribution in [0.15, 0.2) is 0 Å². The van der Waals surface area contributed by atoms with Gasteiger partial charge in [0.1, 0.15) is 0 Å². The average Bonchev–Trinajstić information content (AvgIpc) is 1.86. The maximum atomic E-state index is 4.54. The molecule has 0 heterocycles. The first-order valence-corrected chi connectivity index (χ1v) is 3.80. The molecule has 0 N–H and O–H groups in total. The van der Waals surface area contributed by atoms with E-state index in [1.54, 1.807) is 0 Å². The van der Waals surface area contributed by atoms with Crippen LogP contribution in [0.5, 0.6) is 0 Å². The van der Waals surface area contributed by atoms with Crippen LogP contribution in [0.4, 0.5) is 0 Å². The highest BCUT2D eigenvalue weighted by atomic mass is 32.1. The van der Waals surface area contributed by atoms with Crippen LogP contribution in [0.2, 0.25) is 0 Å². The Labute approximate surface area is 57.1 Å². The number of thiol groups is 1. The quantitative estimate of drug-likeness (QED) is 0.478. The summed E-state index contributed by atoms with van der Waals surface area (Å²) in [6.07, 6.45) is 4.05. The van der Waals surface area contributed by atoms with Crippen LogP contribution in [0.1, 0.15) is 33.1 Å². The van der Waals surface area contributed by atoms with Crippen molar-refractivity contribution < 1.29 is 0 Å². The second-order valence-corrected chi connectivity index (χ2v) is 4.17. The predicted molar refractivity (Wildman–Crippen MR) is 40.4 cm³/mol. The van der Waals surface area contributed by atoms with Gasteiger partial charge in [0.15, 0.2) is 0 Å². The molecule has 2 atom stereocenters. The van der Waals surface area contributed by atoms with Gasteiger partial charge in [-0.15, -0.1) is 0 Å². The zero-order chi connectivity index (χ0) is 6.20. The molecule has 1 heteroatoms. The van der Waals surface area contributed by atoms with Gasteiger partial charge in [0, 0.05) is 4.75 Å². The lowest BCUT2D eigenvalue weighted by Crippen LogP contribution is -2.18. The second-order valence-electron chi connectivity index (χ2n) is 3.15. The molecule has 0 aromatic rings. The monoisotopic (exact) mass is 130 g/mol. The Bertz CT molecular complexity index is 86.4. The van der Waals surface area contributed by atoms with Crippen molar-refractivity contribution >= 4 is 12.6 Å². The summed E-state index contributed by atoms with van der Waals surface area (Å²) in [5.41, 5.74) is 0. The van der Waals surface area contributed by atoms with E-state index in [0.717, 1.165) is 5.92 Å². The van der Waals surface area contributed by atoms with Gasteiger partial charge in [-0.3, -0.25) is 0 Å². The molecule has 0 spiro atoms. The molecular weight excluding hydrogens is 116 g/mol. The molecule has 1 rings (SSSR count). The third-order valence-electron chi connectivity index (χ3n) is 2.38. The topological polar surface area (TPSA) is 0 Å². The van der Waals surface area contributed by atoms with Gasteiger partial charge in [-0.2, -0.15) is 12.6 Å². The molecule has 0 aliphatic heterocycles. The van der Waals surface area contributed by atoms with Crippen molar-refractivity contribution in [3.05, 3.63) is 0 Å². The molecule has 0 aromatic heterocycles. The van der Waals surface area contributed by atoms with Gasteiger partial charge in [0.05, 0.1) is 0 Å². The van der Waals surface area contributed by atoms with Crippen LogP contribution in [0, 0.1) is 5.92 Å². The van der Waals surface area contributed by atoms with Crippen molar-refractivity contribution in [1.82, 2.24) is 0 Å². The van der Waals surface area contributed by atoms with Gasteiger partial charge in [-0.1, -0.05) is 20.3 Å². The molecule has 1 aliphatic carbocycles. The normalized spacial score (nSPS) is 47.6. The van der Waals surface area contributed by atoms with Crippen molar-refractivity contribution in [2.24, 2.45) is 5.92 Å². The molecule has 0 amide bonds. The molecule has 0 saturated heterocycles. The summed E-state index contributed by atoms with van der Waals surface area (Å²) in [6.45, 7) is 4.54. The first kappa shape index (κ1) is 6.47. The Hall–Kier alpha value is 0.350. The van der Waals surface area contributed by atoms with Gasteiger partial charge < -0.3 is 0 Å². The second kappa shape index (κ2) is 1.94. The van der Waals surface area contributed by atoms with Crippen molar-refractivity contribution in [2.45, 2.75) is 37.9 Å². The Balaban J connectivity index is 2.54. The van der Waals surface area contributed by atoms with Crippen LogP contribution in [0.3, 0.4) is 0 Å². The highest BCUT2D eigenvalue weighted by Gasteiger charge is 2.31. The predicted octanol–water partition coefficient (Wildman–Crippen LogP) is 2.49. The van der Waals surface area contributed by atoms with Gasteiger partial charge in [0.25, 0.3) is 0 Å². The fraction of sp³-hybridized carbons (Fsp3) is 1.00. The molecule has 0 bridgehead atoms. The summed E-state index contributed by atoms with van der Waals surface area (Å²) in [5, 5.41) is 0. The van der Waals surface area contributed by atoms with Gasteiger partial charge in [0.2, 0.25) is 0 Å². The maximum Gasteiger partial charge on any atom is 0.0127 e. The lowest BCUT2D eigenvalue weighted by Gasteiger charge is -2.21. The zero-order valence-electron chi connectivity index (χ0n) is 5.65. The number of hydrogen-bond acceptors (Lipinski definition) is 1. The molecule has 0 radical (unpaired) electrons. The summed E-state index contributed by atoms with van der Waals surface area (Å²) in [4.78, 5) is 0. The first-order chi connectivity index (χ1) is 3.63. The van der Waals surface area contributed by atoms with Crippen molar-refractivity contribution in [3.63, 3.8) is 0 Å². The Morgan fingerprint density at radius 3 is 2.38 bits per heavy atom. The molecule has 0 aromatic carbocycles. The van der Waals surface area contributed by atoms with Gasteiger partial charge in [-0.25, -0.2) is 0 Å². The first-order valence-electron chi connectivity index (χ1n) is 3.35. The molecule has 1 fully saturated rings. The highest BCUT2D eigenvalue weighted by molar-refractivity contribution is 7.81. The standard InChI is InChI=1S/C7H14S/c1-6-4-3-5-7(6,2)8/h6,8H,3-5H2,1-2H3. The Kier molecular flexibility index (Phi) is 1.57. The molecule has 8 heavy (non-hydrogen) atoms. The van der Waals surface area contributed by atoms with Crippen molar-refractivity contribution in [2.75, 3.05) is 0 Å². The van der Waals surface area contributed by atoms with Gasteiger partial charge >= 0.3 is 0 Å². The van der Waals surface area contributed by atoms with E-state index < -0.39 is 0 Å². The minimum absolute atomic E-state index is 0.347. The summed E-state index contributed by atoms with van der Waals surface area (Å²) >= 11 is 4.54. The van der Waals surface area contributed by atoms with E-state index in [-0.39, 0.29) is 0 Å². The molecule has 1 aliphatic rings. The zero-order valence-corrected chi connectivity index (χ0v) is 6.54. The highest BCUT2D eigenvalue weighted by Crippen LogP contribution is 2.39. The maximum absolute atomic E-state index is 4.54. The Morgan fingerprint density at radius 2 is 2.25 bits per heavy atom. The van der Waals surface area contributed by atoms with E-state index in [0.29, 0.717) is 4.75 Å². The van der Waals surface area contributed by atoms with Crippen molar-refractivity contribution in [1.29, 1.82) is 0 Å². The van der Waals surface area contributed by atoms with Crippen LogP contribution in [-0.4, -0.2) is 4.75 Å². The number of rotatable bonds is 0. The van der Waals surface area contributed by atoms with E-state index >= 15 is 0 Å². The Morgan fingerprint density at radius 1 is 1.62 bits per heavy atom. The minimum atomic E-state index is 0.347. The molecule has 0 nitrogen and oxygen atoms in total. The summed E-state index contributed by atoms with van der Waals surface area (Å²) in [7, 11) is 0. The summed E-state index contributed by atoms with van der Waals surface area (Å²) < 4.78 is 0.347. The molecule has 1 saturated carbocycles. The fourth-order valence-corrected chi connectivity index (χ4v) is 1.61. The summed E-state index contributed by atoms with van der Waals surface area (Å²) in [6, 6.07) is 0. The van der Waals surface area contributed by atoms with Crippen LogP contribution in [-0.2, 0) is 0 Å². The average molecular weight is 130 g/mol. The van der Waals surface area contributed by atoms with E-state index in [9.17, 15) is 0 Å². The smallest absolute Gasteiger partial charge is 0.0127 e. The SMILES string of the molecule is CC1CCCC1(C)S. The van der Waals surface area contributed by atoms with Gasteiger partial charge in [-0.05, 0) is 18.8 Å². The van der Waals surface area contributed by atoms with E-state index in [4.69, 9.17) is 0 Å². The van der Waals surface area contributed by atoms with Crippen LogP contribution in [0.25, 0.3) is 0 Å². The minimum Gasteiger partial charge on any atom is -0.173 e.